The molecule has 2 aromatic rings. The van der Waals surface area contributed by atoms with Crippen LogP contribution >= 0.6 is 0 Å². The average Bonchev–Trinajstić information content (AvgIpc) is 2.77. The molecule has 0 fully saturated rings. The summed E-state index contributed by atoms with van der Waals surface area (Å²) in [5, 5.41) is 3.10. The molecule has 0 spiro atoms. The van der Waals surface area contributed by atoms with E-state index in [1.807, 2.05) is 19.1 Å². The Bertz CT molecular complexity index is 464. The molecule has 90 valence electrons. The number of furan rings is 1. The molecule has 0 atom stereocenters. The Morgan fingerprint density at radius 2 is 2.06 bits per heavy atom. The standard InChI is InChI=1S/C12H16N4O/c1-9-3-4-11(17-9)10-7-15-12(16-8-10)14-6-2-5-13/h3-4,7-8H,2,5-6,13H2,1H3,(H,14,15,16). The minimum Gasteiger partial charge on any atom is -0.461 e. The third kappa shape index (κ3) is 3.04. The van der Waals surface area contributed by atoms with Gasteiger partial charge in [-0.3, -0.25) is 0 Å². The number of rotatable bonds is 5. The van der Waals surface area contributed by atoms with Gasteiger partial charge in [-0.2, -0.15) is 0 Å². The van der Waals surface area contributed by atoms with Gasteiger partial charge in [0.25, 0.3) is 0 Å². The number of anilines is 1. The van der Waals surface area contributed by atoms with Gasteiger partial charge in [-0.15, -0.1) is 0 Å². The zero-order chi connectivity index (χ0) is 12.1. The van der Waals surface area contributed by atoms with Crippen molar-refractivity contribution in [1.82, 2.24) is 9.97 Å². The van der Waals surface area contributed by atoms with Gasteiger partial charge in [0.15, 0.2) is 0 Å². The highest BCUT2D eigenvalue weighted by Gasteiger charge is 2.03. The molecule has 0 aromatic carbocycles. The fourth-order valence-electron chi connectivity index (χ4n) is 1.44. The Morgan fingerprint density at radius 3 is 2.65 bits per heavy atom. The monoisotopic (exact) mass is 232 g/mol. The van der Waals surface area contributed by atoms with Crippen molar-refractivity contribution in [3.63, 3.8) is 0 Å². The maximum Gasteiger partial charge on any atom is 0.222 e. The number of nitrogens with two attached hydrogens (primary N) is 1. The summed E-state index contributed by atoms with van der Waals surface area (Å²) in [5.41, 5.74) is 6.28. The van der Waals surface area contributed by atoms with Gasteiger partial charge in [0.2, 0.25) is 5.95 Å². The molecule has 3 N–H and O–H groups in total. The second-order valence-electron chi connectivity index (χ2n) is 3.77. The number of nitrogens with one attached hydrogen (secondary N) is 1. The van der Waals surface area contributed by atoms with E-state index in [1.165, 1.54) is 0 Å². The lowest BCUT2D eigenvalue weighted by molar-refractivity contribution is 0.548. The van der Waals surface area contributed by atoms with Crippen LogP contribution in [0.5, 0.6) is 0 Å². The average molecular weight is 232 g/mol. The van der Waals surface area contributed by atoms with Crippen molar-refractivity contribution in [2.45, 2.75) is 13.3 Å². The predicted octanol–water partition coefficient (Wildman–Crippen LogP) is 1.81. The summed E-state index contributed by atoms with van der Waals surface area (Å²) in [7, 11) is 0. The molecule has 5 heteroatoms. The van der Waals surface area contributed by atoms with E-state index < -0.39 is 0 Å². The van der Waals surface area contributed by atoms with E-state index in [1.54, 1.807) is 12.4 Å². The van der Waals surface area contributed by atoms with Crippen LogP contribution in [0, 0.1) is 6.92 Å². The highest BCUT2D eigenvalue weighted by molar-refractivity contribution is 5.55. The third-order valence-corrected chi connectivity index (χ3v) is 2.34. The van der Waals surface area contributed by atoms with E-state index in [9.17, 15) is 0 Å². The molecule has 0 saturated heterocycles. The quantitative estimate of drug-likeness (QED) is 0.769. The minimum absolute atomic E-state index is 0.616. The number of nitrogens with zero attached hydrogens (tertiary/aromatic N) is 2. The first-order valence-electron chi connectivity index (χ1n) is 5.62. The maximum atomic E-state index is 5.49. The van der Waals surface area contributed by atoms with E-state index in [0.29, 0.717) is 12.5 Å². The van der Waals surface area contributed by atoms with E-state index in [0.717, 1.165) is 30.0 Å². The van der Waals surface area contributed by atoms with Crippen LogP contribution in [0.15, 0.2) is 28.9 Å². The van der Waals surface area contributed by atoms with Crippen LogP contribution in [0.25, 0.3) is 11.3 Å². The molecule has 0 aliphatic heterocycles. The van der Waals surface area contributed by atoms with Gasteiger partial charge >= 0.3 is 0 Å². The van der Waals surface area contributed by atoms with E-state index in [4.69, 9.17) is 10.2 Å². The van der Waals surface area contributed by atoms with Crippen LogP contribution in [0.2, 0.25) is 0 Å². The number of aromatic nitrogens is 2. The van der Waals surface area contributed by atoms with Crippen LogP contribution in [0.1, 0.15) is 12.2 Å². The van der Waals surface area contributed by atoms with Gasteiger partial charge in [-0.25, -0.2) is 9.97 Å². The topological polar surface area (TPSA) is 77.0 Å². The van der Waals surface area contributed by atoms with Crippen LogP contribution < -0.4 is 11.1 Å². The van der Waals surface area contributed by atoms with Crippen LogP contribution in [-0.2, 0) is 0 Å². The zero-order valence-corrected chi connectivity index (χ0v) is 9.81. The molecule has 5 nitrogen and oxygen atoms in total. The van der Waals surface area contributed by atoms with E-state index >= 15 is 0 Å². The summed E-state index contributed by atoms with van der Waals surface area (Å²) in [5.74, 6) is 2.28. The Hall–Kier alpha value is -1.88. The molecular formula is C12H16N4O. The Morgan fingerprint density at radius 1 is 1.29 bits per heavy atom. The van der Waals surface area contributed by atoms with E-state index in [-0.39, 0.29) is 0 Å². The third-order valence-electron chi connectivity index (χ3n) is 2.34. The number of hydrogen-bond donors (Lipinski definition) is 2. The molecule has 0 aliphatic carbocycles. The Kier molecular flexibility index (Phi) is 3.72. The van der Waals surface area contributed by atoms with Crippen LogP contribution in [0.4, 0.5) is 5.95 Å². The predicted molar refractivity (Wildman–Crippen MR) is 66.6 cm³/mol. The van der Waals surface area contributed by atoms with Crippen molar-refractivity contribution in [2.24, 2.45) is 5.73 Å². The molecular weight excluding hydrogens is 216 g/mol. The second kappa shape index (κ2) is 5.45. The highest BCUT2D eigenvalue weighted by Crippen LogP contribution is 2.20. The summed E-state index contributed by atoms with van der Waals surface area (Å²) in [6.07, 6.45) is 4.40. The lowest BCUT2D eigenvalue weighted by Crippen LogP contribution is -2.10. The minimum atomic E-state index is 0.616. The molecule has 0 radical (unpaired) electrons. The molecule has 2 rings (SSSR count). The molecule has 0 bridgehead atoms. The fourth-order valence-corrected chi connectivity index (χ4v) is 1.44. The highest BCUT2D eigenvalue weighted by atomic mass is 16.3. The SMILES string of the molecule is Cc1ccc(-c2cnc(NCCCN)nc2)o1. The first-order valence-corrected chi connectivity index (χ1v) is 5.62. The van der Waals surface area contributed by atoms with Gasteiger partial charge in [-0.1, -0.05) is 0 Å². The zero-order valence-electron chi connectivity index (χ0n) is 9.81. The van der Waals surface area contributed by atoms with Gasteiger partial charge in [-0.05, 0) is 32.0 Å². The maximum absolute atomic E-state index is 5.49. The molecule has 2 heterocycles. The van der Waals surface area contributed by atoms with Crippen LogP contribution in [0.3, 0.4) is 0 Å². The summed E-state index contributed by atoms with van der Waals surface area (Å²) in [6.45, 7) is 3.36. The number of hydrogen-bond acceptors (Lipinski definition) is 5. The Labute approximate surface area is 100 Å². The molecule has 0 unspecified atom stereocenters. The Balaban J connectivity index is 2.02. The first-order chi connectivity index (χ1) is 8.29. The van der Waals surface area contributed by atoms with Crippen molar-refractivity contribution in [3.05, 3.63) is 30.3 Å². The van der Waals surface area contributed by atoms with Gasteiger partial charge in [0.05, 0.1) is 5.56 Å². The lowest BCUT2D eigenvalue weighted by atomic mass is 10.3. The van der Waals surface area contributed by atoms with Crippen molar-refractivity contribution in [1.29, 1.82) is 0 Å². The molecule has 0 saturated carbocycles. The molecule has 0 amide bonds. The van der Waals surface area contributed by atoms with Gasteiger partial charge < -0.3 is 15.5 Å². The summed E-state index contributed by atoms with van der Waals surface area (Å²) >= 11 is 0. The molecule has 2 aromatic heterocycles. The first kappa shape index (κ1) is 11.6. The normalized spacial score (nSPS) is 10.5. The summed E-state index contributed by atoms with van der Waals surface area (Å²) in [4.78, 5) is 8.43. The van der Waals surface area contributed by atoms with Crippen molar-refractivity contribution in [3.8, 4) is 11.3 Å². The van der Waals surface area contributed by atoms with E-state index in [2.05, 4.69) is 15.3 Å². The fraction of sp³-hybridized carbons (Fsp3) is 0.333. The summed E-state index contributed by atoms with van der Waals surface area (Å²) < 4.78 is 5.49. The largest absolute Gasteiger partial charge is 0.461 e. The number of aryl methyl sites for hydroxylation is 1. The van der Waals surface area contributed by atoms with Crippen LogP contribution in [-0.4, -0.2) is 23.1 Å². The van der Waals surface area contributed by atoms with Crippen molar-refractivity contribution < 1.29 is 4.42 Å². The molecule has 0 aliphatic rings. The van der Waals surface area contributed by atoms with Gasteiger partial charge in [0, 0.05) is 18.9 Å². The molecule has 17 heavy (non-hydrogen) atoms. The second-order valence-corrected chi connectivity index (χ2v) is 3.77. The smallest absolute Gasteiger partial charge is 0.222 e. The van der Waals surface area contributed by atoms with Gasteiger partial charge in [0.1, 0.15) is 11.5 Å². The van der Waals surface area contributed by atoms with Crippen molar-refractivity contribution in [2.75, 3.05) is 18.4 Å². The lowest BCUT2D eigenvalue weighted by Gasteiger charge is -2.03. The van der Waals surface area contributed by atoms with Crippen molar-refractivity contribution >= 4 is 5.95 Å². The summed E-state index contributed by atoms with van der Waals surface area (Å²) in [6, 6.07) is 3.83.